The van der Waals surface area contributed by atoms with Gasteiger partial charge < -0.3 is 5.32 Å². The van der Waals surface area contributed by atoms with Gasteiger partial charge in [0.05, 0.1) is 0 Å². The van der Waals surface area contributed by atoms with Crippen molar-refractivity contribution in [3.63, 3.8) is 0 Å². The zero-order valence-electron chi connectivity index (χ0n) is 10.8. The first kappa shape index (κ1) is 13.4. The Morgan fingerprint density at radius 3 is 2.67 bits per heavy atom. The Bertz CT molecular complexity index is 373. The van der Waals surface area contributed by atoms with E-state index in [-0.39, 0.29) is 0 Å². The molecule has 1 fully saturated rings. The van der Waals surface area contributed by atoms with Crippen molar-refractivity contribution in [2.45, 2.75) is 19.4 Å². The fourth-order valence-corrected chi connectivity index (χ4v) is 2.71. The normalized spacial score (nSPS) is 21.2. The van der Waals surface area contributed by atoms with E-state index in [9.17, 15) is 8.78 Å². The molecule has 1 atom stereocenters. The largest absolute Gasteiger partial charge is 0.319 e. The monoisotopic (exact) mass is 254 g/mol. The lowest BCUT2D eigenvalue weighted by Crippen LogP contribution is -2.38. The smallest absolute Gasteiger partial charge is 0.126 e. The molecule has 1 aromatic rings. The molecule has 2 nitrogen and oxygen atoms in total. The number of nitrogens with one attached hydrogen (secondary N) is 1. The summed E-state index contributed by atoms with van der Waals surface area (Å²) in [5.74, 6) is -0.343. The topological polar surface area (TPSA) is 15.3 Å². The molecule has 1 N–H and O–H groups in total. The van der Waals surface area contributed by atoms with Crippen LogP contribution >= 0.6 is 0 Å². The van der Waals surface area contributed by atoms with Gasteiger partial charge in [0.1, 0.15) is 11.6 Å². The molecule has 1 saturated heterocycles. The molecular formula is C14H20F2N2. The third-order valence-corrected chi connectivity index (χ3v) is 3.42. The van der Waals surface area contributed by atoms with Crippen molar-refractivity contribution < 1.29 is 8.78 Å². The number of likely N-dealkylation sites (tertiary alicyclic amines) is 1. The van der Waals surface area contributed by atoms with Crippen LogP contribution < -0.4 is 5.32 Å². The first-order valence-electron chi connectivity index (χ1n) is 6.49. The molecule has 2 rings (SSSR count). The van der Waals surface area contributed by atoms with Gasteiger partial charge >= 0.3 is 0 Å². The van der Waals surface area contributed by atoms with Crippen molar-refractivity contribution in [2.75, 3.05) is 26.7 Å². The molecule has 0 aromatic heterocycles. The van der Waals surface area contributed by atoms with E-state index in [1.54, 1.807) is 0 Å². The highest BCUT2D eigenvalue weighted by atomic mass is 19.1. The lowest BCUT2D eigenvalue weighted by atomic mass is 9.97. The summed E-state index contributed by atoms with van der Waals surface area (Å²) in [5.41, 5.74) is 0.720. The molecular weight excluding hydrogens is 234 g/mol. The van der Waals surface area contributed by atoms with Gasteiger partial charge in [0.15, 0.2) is 0 Å². The molecule has 1 aromatic carbocycles. The van der Waals surface area contributed by atoms with E-state index in [2.05, 4.69) is 10.2 Å². The maximum absolute atomic E-state index is 13.1. The van der Waals surface area contributed by atoms with Gasteiger partial charge in [0.2, 0.25) is 0 Å². The summed E-state index contributed by atoms with van der Waals surface area (Å²) in [6, 6.07) is 3.76. The molecule has 1 aliphatic rings. The Kier molecular flexibility index (Phi) is 4.66. The molecule has 0 aliphatic carbocycles. The first-order chi connectivity index (χ1) is 8.67. The zero-order valence-corrected chi connectivity index (χ0v) is 10.8. The minimum Gasteiger partial charge on any atom is -0.319 e. The number of hydrogen-bond donors (Lipinski definition) is 1. The van der Waals surface area contributed by atoms with Gasteiger partial charge in [-0.25, -0.2) is 8.78 Å². The van der Waals surface area contributed by atoms with Gasteiger partial charge in [-0.15, -0.1) is 0 Å². The molecule has 0 spiro atoms. The highest BCUT2D eigenvalue weighted by molar-refractivity contribution is 5.17. The van der Waals surface area contributed by atoms with E-state index in [4.69, 9.17) is 0 Å². The molecule has 1 unspecified atom stereocenters. The van der Waals surface area contributed by atoms with Crippen LogP contribution in [0.25, 0.3) is 0 Å². The molecule has 0 radical (unpaired) electrons. The van der Waals surface area contributed by atoms with Gasteiger partial charge in [-0.2, -0.15) is 0 Å². The molecule has 0 saturated carbocycles. The number of piperidine rings is 1. The van der Waals surface area contributed by atoms with Crippen molar-refractivity contribution in [1.29, 1.82) is 0 Å². The van der Waals surface area contributed by atoms with E-state index in [1.807, 2.05) is 7.05 Å². The van der Waals surface area contributed by atoms with Crippen LogP contribution in [0.2, 0.25) is 0 Å². The number of nitrogens with zero attached hydrogens (tertiary/aromatic N) is 1. The lowest BCUT2D eigenvalue weighted by molar-refractivity contribution is 0.166. The van der Waals surface area contributed by atoms with E-state index in [0.717, 1.165) is 37.7 Å². The average molecular weight is 254 g/mol. The summed E-state index contributed by atoms with van der Waals surface area (Å²) in [7, 11) is 1.96. The SMILES string of the molecule is CNCC1CCCN(Cc2cc(F)cc(F)c2)C1. The van der Waals surface area contributed by atoms with E-state index < -0.39 is 11.6 Å². The van der Waals surface area contributed by atoms with E-state index >= 15 is 0 Å². The maximum Gasteiger partial charge on any atom is 0.126 e. The van der Waals surface area contributed by atoms with Gasteiger partial charge in [-0.3, -0.25) is 4.90 Å². The molecule has 18 heavy (non-hydrogen) atoms. The average Bonchev–Trinajstić information content (AvgIpc) is 2.28. The standard InChI is InChI=1S/C14H20F2N2/c1-17-8-11-3-2-4-18(9-11)10-12-5-13(15)7-14(16)6-12/h5-7,11,17H,2-4,8-10H2,1H3. The Labute approximate surface area is 107 Å². The second-order valence-corrected chi connectivity index (χ2v) is 5.08. The third kappa shape index (κ3) is 3.75. The summed E-state index contributed by atoms with van der Waals surface area (Å²) in [4.78, 5) is 2.28. The van der Waals surface area contributed by atoms with Gasteiger partial charge in [0, 0.05) is 19.2 Å². The minimum atomic E-state index is -0.492. The van der Waals surface area contributed by atoms with Crippen molar-refractivity contribution in [3.05, 3.63) is 35.4 Å². The van der Waals surface area contributed by atoms with Crippen molar-refractivity contribution in [3.8, 4) is 0 Å². The van der Waals surface area contributed by atoms with Crippen molar-refractivity contribution in [1.82, 2.24) is 10.2 Å². The van der Waals surface area contributed by atoms with Crippen LogP contribution in [0, 0.1) is 17.6 Å². The Hall–Kier alpha value is -1.00. The summed E-state index contributed by atoms with van der Waals surface area (Å²) >= 11 is 0. The first-order valence-corrected chi connectivity index (χ1v) is 6.49. The molecule has 100 valence electrons. The van der Waals surface area contributed by atoms with Crippen LogP contribution in [0.15, 0.2) is 18.2 Å². The predicted molar refractivity (Wildman–Crippen MR) is 68.3 cm³/mol. The molecule has 0 bridgehead atoms. The van der Waals surface area contributed by atoms with Crippen LogP contribution in [0.3, 0.4) is 0 Å². The minimum absolute atomic E-state index is 0.492. The number of halogens is 2. The van der Waals surface area contributed by atoms with Crippen LogP contribution in [0.5, 0.6) is 0 Å². The van der Waals surface area contributed by atoms with Crippen LogP contribution in [0.4, 0.5) is 8.78 Å². The third-order valence-electron chi connectivity index (χ3n) is 3.42. The second kappa shape index (κ2) is 6.25. The molecule has 1 heterocycles. The second-order valence-electron chi connectivity index (χ2n) is 5.08. The number of benzene rings is 1. The van der Waals surface area contributed by atoms with Gasteiger partial charge in [0.25, 0.3) is 0 Å². The van der Waals surface area contributed by atoms with Crippen LogP contribution in [0.1, 0.15) is 18.4 Å². The highest BCUT2D eigenvalue weighted by Crippen LogP contribution is 2.18. The predicted octanol–water partition coefficient (Wildman–Crippen LogP) is 2.40. The fraction of sp³-hybridized carbons (Fsp3) is 0.571. The van der Waals surface area contributed by atoms with Crippen molar-refractivity contribution >= 4 is 0 Å². The Morgan fingerprint density at radius 2 is 2.00 bits per heavy atom. The molecule has 1 aliphatic heterocycles. The fourth-order valence-electron chi connectivity index (χ4n) is 2.71. The molecule has 0 amide bonds. The zero-order chi connectivity index (χ0) is 13.0. The summed E-state index contributed by atoms with van der Waals surface area (Å²) in [6.45, 7) is 3.65. The summed E-state index contributed by atoms with van der Waals surface area (Å²) < 4.78 is 26.2. The van der Waals surface area contributed by atoms with E-state index in [0.29, 0.717) is 12.5 Å². The summed E-state index contributed by atoms with van der Waals surface area (Å²) in [6.07, 6.45) is 2.39. The van der Waals surface area contributed by atoms with Crippen LogP contribution in [-0.4, -0.2) is 31.6 Å². The molecule has 4 heteroatoms. The van der Waals surface area contributed by atoms with Crippen LogP contribution in [-0.2, 0) is 6.54 Å². The maximum atomic E-state index is 13.1. The number of hydrogen-bond acceptors (Lipinski definition) is 2. The van der Waals surface area contributed by atoms with Crippen molar-refractivity contribution in [2.24, 2.45) is 5.92 Å². The highest BCUT2D eigenvalue weighted by Gasteiger charge is 2.19. The quantitative estimate of drug-likeness (QED) is 0.887. The lowest BCUT2D eigenvalue weighted by Gasteiger charge is -2.32. The Morgan fingerprint density at radius 1 is 1.28 bits per heavy atom. The van der Waals surface area contributed by atoms with Gasteiger partial charge in [-0.1, -0.05) is 0 Å². The van der Waals surface area contributed by atoms with E-state index in [1.165, 1.54) is 18.6 Å². The number of rotatable bonds is 4. The Balaban J connectivity index is 1.95. The summed E-state index contributed by atoms with van der Waals surface area (Å²) in [5, 5.41) is 3.19. The van der Waals surface area contributed by atoms with Gasteiger partial charge in [-0.05, 0) is 56.6 Å².